The largest absolute Gasteiger partial charge is 0.479 e. The van der Waals surface area contributed by atoms with E-state index in [-0.39, 0.29) is 12.5 Å². The van der Waals surface area contributed by atoms with Crippen LogP contribution < -0.4 is 5.32 Å². The first kappa shape index (κ1) is 12.9. The lowest BCUT2D eigenvalue weighted by molar-refractivity contribution is -0.151. The van der Waals surface area contributed by atoms with Crippen LogP contribution in [0.25, 0.3) is 0 Å². The van der Waals surface area contributed by atoms with E-state index in [1.54, 1.807) is 0 Å². The van der Waals surface area contributed by atoms with Crippen LogP contribution in [0.2, 0.25) is 0 Å². The van der Waals surface area contributed by atoms with Crippen molar-refractivity contribution in [3.8, 4) is 0 Å². The summed E-state index contributed by atoms with van der Waals surface area (Å²) in [7, 11) is 0. The second-order valence-corrected chi connectivity index (χ2v) is 3.75. The molecule has 6 heteroatoms. The van der Waals surface area contributed by atoms with Gasteiger partial charge in [-0.25, -0.2) is 4.79 Å². The highest BCUT2D eigenvalue weighted by molar-refractivity contribution is 5.82. The van der Waals surface area contributed by atoms with Gasteiger partial charge in [0.05, 0.1) is 0 Å². The molecule has 3 N–H and O–H groups in total. The fourth-order valence-electron chi connectivity index (χ4n) is 1.57. The average Bonchev–Trinajstić information content (AvgIpc) is 2.73. The molecular weight excluding hydrogens is 214 g/mol. The molecular formula is C10H17NO5. The Morgan fingerprint density at radius 2 is 1.94 bits per heavy atom. The number of hydrogen-bond donors (Lipinski definition) is 3. The van der Waals surface area contributed by atoms with E-state index in [9.17, 15) is 9.59 Å². The van der Waals surface area contributed by atoms with Crippen LogP contribution in [0.3, 0.4) is 0 Å². The number of carbonyl (C=O) groups is 2. The van der Waals surface area contributed by atoms with Gasteiger partial charge in [0.15, 0.2) is 6.10 Å². The quantitative estimate of drug-likeness (QED) is 0.536. The topological polar surface area (TPSA) is 95.9 Å². The normalized spacial score (nSPS) is 24.3. The third-order valence-electron chi connectivity index (χ3n) is 2.47. The van der Waals surface area contributed by atoms with Crippen LogP contribution in [0, 0.1) is 0 Å². The number of aliphatic carboxylic acids is 1. The van der Waals surface area contributed by atoms with E-state index in [2.05, 4.69) is 5.32 Å². The molecule has 0 saturated carbocycles. The van der Waals surface area contributed by atoms with E-state index in [0.717, 1.165) is 0 Å². The Hall–Kier alpha value is -1.14. The first-order chi connectivity index (χ1) is 7.65. The molecule has 0 bridgehead atoms. The number of amides is 1. The third-order valence-corrected chi connectivity index (χ3v) is 2.47. The van der Waals surface area contributed by atoms with E-state index in [4.69, 9.17) is 14.9 Å². The Labute approximate surface area is 93.6 Å². The molecule has 1 amide bonds. The number of nitrogens with one attached hydrogen (secondary N) is 1. The van der Waals surface area contributed by atoms with Gasteiger partial charge in [0.2, 0.25) is 5.91 Å². The Balaban J connectivity index is 2.20. The number of ether oxygens (including phenoxy) is 1. The second kappa shape index (κ2) is 6.44. The maximum absolute atomic E-state index is 11.5. The van der Waals surface area contributed by atoms with Gasteiger partial charge >= 0.3 is 5.97 Å². The van der Waals surface area contributed by atoms with Crippen LogP contribution in [-0.2, 0) is 14.3 Å². The standard InChI is InChI=1S/C10H17NO5/c12-6-2-1-5-11-9(13)7-3-4-8(16-7)10(14)15/h7-8,12H,1-6H2,(H,11,13)(H,14,15). The summed E-state index contributed by atoms with van der Waals surface area (Å²) in [4.78, 5) is 22.1. The maximum Gasteiger partial charge on any atom is 0.332 e. The van der Waals surface area contributed by atoms with E-state index in [0.29, 0.717) is 32.2 Å². The summed E-state index contributed by atoms with van der Waals surface area (Å²) in [6, 6.07) is 0. The molecule has 1 fully saturated rings. The van der Waals surface area contributed by atoms with Gasteiger partial charge in [0, 0.05) is 13.2 Å². The summed E-state index contributed by atoms with van der Waals surface area (Å²) in [5.41, 5.74) is 0. The van der Waals surface area contributed by atoms with E-state index in [1.165, 1.54) is 0 Å². The van der Waals surface area contributed by atoms with Crippen molar-refractivity contribution in [2.75, 3.05) is 13.2 Å². The van der Waals surface area contributed by atoms with Crippen LogP contribution in [0.4, 0.5) is 0 Å². The predicted molar refractivity (Wildman–Crippen MR) is 54.9 cm³/mol. The molecule has 6 nitrogen and oxygen atoms in total. The Bertz CT molecular complexity index is 256. The number of carbonyl (C=O) groups excluding carboxylic acids is 1. The second-order valence-electron chi connectivity index (χ2n) is 3.75. The summed E-state index contributed by atoms with van der Waals surface area (Å²) in [6.45, 7) is 0.591. The molecule has 2 unspecified atom stereocenters. The zero-order valence-corrected chi connectivity index (χ0v) is 9.02. The smallest absolute Gasteiger partial charge is 0.332 e. The zero-order valence-electron chi connectivity index (χ0n) is 9.02. The lowest BCUT2D eigenvalue weighted by atomic mass is 10.2. The van der Waals surface area contributed by atoms with Crippen molar-refractivity contribution in [2.45, 2.75) is 37.9 Å². The monoisotopic (exact) mass is 231 g/mol. The molecule has 1 aliphatic heterocycles. The summed E-state index contributed by atoms with van der Waals surface area (Å²) in [6.07, 6.45) is 0.678. The van der Waals surface area contributed by atoms with E-state index in [1.807, 2.05) is 0 Å². The zero-order chi connectivity index (χ0) is 12.0. The van der Waals surface area contributed by atoms with E-state index >= 15 is 0 Å². The van der Waals surface area contributed by atoms with Gasteiger partial charge in [-0.05, 0) is 25.7 Å². The SMILES string of the molecule is O=C(O)C1CCC(C(=O)NCCCCO)O1. The van der Waals surface area contributed by atoms with Gasteiger partial charge in [0.1, 0.15) is 6.10 Å². The summed E-state index contributed by atoms with van der Waals surface area (Å²) < 4.78 is 5.08. The van der Waals surface area contributed by atoms with Crippen molar-refractivity contribution in [2.24, 2.45) is 0 Å². The Kier molecular flexibility index (Phi) is 5.21. The van der Waals surface area contributed by atoms with Gasteiger partial charge in [0.25, 0.3) is 0 Å². The summed E-state index contributed by atoms with van der Waals surface area (Å²) >= 11 is 0. The van der Waals surface area contributed by atoms with Crippen molar-refractivity contribution >= 4 is 11.9 Å². The van der Waals surface area contributed by atoms with Crippen molar-refractivity contribution in [1.29, 1.82) is 0 Å². The van der Waals surface area contributed by atoms with Gasteiger partial charge < -0.3 is 20.3 Å². The van der Waals surface area contributed by atoms with Crippen LogP contribution in [0.1, 0.15) is 25.7 Å². The minimum Gasteiger partial charge on any atom is -0.479 e. The highest BCUT2D eigenvalue weighted by Gasteiger charge is 2.34. The molecule has 1 aliphatic rings. The average molecular weight is 231 g/mol. The molecule has 1 rings (SSSR count). The third kappa shape index (κ3) is 3.79. The highest BCUT2D eigenvalue weighted by atomic mass is 16.5. The molecule has 0 aromatic rings. The fraction of sp³-hybridized carbons (Fsp3) is 0.800. The number of hydrogen-bond acceptors (Lipinski definition) is 4. The number of carboxylic acids is 1. The van der Waals surface area contributed by atoms with E-state index < -0.39 is 18.2 Å². The van der Waals surface area contributed by atoms with Gasteiger partial charge in [-0.3, -0.25) is 4.79 Å². The first-order valence-electron chi connectivity index (χ1n) is 5.42. The first-order valence-corrected chi connectivity index (χ1v) is 5.42. The molecule has 2 atom stereocenters. The predicted octanol–water partition coefficient (Wildman–Crippen LogP) is -0.493. The van der Waals surface area contributed by atoms with Crippen LogP contribution in [0.5, 0.6) is 0 Å². The van der Waals surface area contributed by atoms with Gasteiger partial charge in [-0.1, -0.05) is 0 Å². The molecule has 1 saturated heterocycles. The van der Waals surface area contributed by atoms with Crippen molar-refractivity contribution in [3.63, 3.8) is 0 Å². The maximum atomic E-state index is 11.5. The molecule has 92 valence electrons. The lowest BCUT2D eigenvalue weighted by Gasteiger charge is -2.11. The molecule has 0 aromatic carbocycles. The number of aliphatic hydroxyl groups excluding tert-OH is 1. The van der Waals surface area contributed by atoms with Crippen LogP contribution in [-0.4, -0.2) is 47.4 Å². The van der Waals surface area contributed by atoms with Crippen LogP contribution in [0.15, 0.2) is 0 Å². The molecule has 0 aromatic heterocycles. The fourth-order valence-corrected chi connectivity index (χ4v) is 1.57. The lowest BCUT2D eigenvalue weighted by Crippen LogP contribution is -2.36. The molecule has 0 spiro atoms. The Morgan fingerprint density at radius 1 is 1.25 bits per heavy atom. The highest BCUT2D eigenvalue weighted by Crippen LogP contribution is 2.19. The summed E-state index contributed by atoms with van der Waals surface area (Å²) in [5, 5.41) is 19.9. The Morgan fingerprint density at radius 3 is 2.50 bits per heavy atom. The van der Waals surface area contributed by atoms with Crippen molar-refractivity contribution in [3.05, 3.63) is 0 Å². The van der Waals surface area contributed by atoms with Gasteiger partial charge in [-0.15, -0.1) is 0 Å². The minimum atomic E-state index is -1.02. The number of aliphatic hydroxyl groups is 1. The van der Waals surface area contributed by atoms with Crippen molar-refractivity contribution < 1.29 is 24.5 Å². The molecule has 0 radical (unpaired) electrons. The number of unbranched alkanes of at least 4 members (excludes halogenated alkanes) is 1. The minimum absolute atomic E-state index is 0.108. The van der Waals surface area contributed by atoms with Crippen molar-refractivity contribution in [1.82, 2.24) is 5.32 Å². The number of rotatable bonds is 6. The number of carboxylic acid groups (broad SMARTS) is 1. The van der Waals surface area contributed by atoms with Gasteiger partial charge in [-0.2, -0.15) is 0 Å². The molecule has 1 heterocycles. The molecule has 16 heavy (non-hydrogen) atoms. The van der Waals surface area contributed by atoms with Crippen LogP contribution >= 0.6 is 0 Å². The summed E-state index contributed by atoms with van der Waals surface area (Å²) in [5.74, 6) is -1.28. The molecule has 0 aliphatic carbocycles.